The summed E-state index contributed by atoms with van der Waals surface area (Å²) in [6.07, 6.45) is 0. The van der Waals surface area contributed by atoms with Gasteiger partial charge in [0.1, 0.15) is 23.2 Å². The predicted octanol–water partition coefficient (Wildman–Crippen LogP) is 2.75. The minimum absolute atomic E-state index is 0.347. The van der Waals surface area contributed by atoms with E-state index in [0.29, 0.717) is 41.2 Å². The van der Waals surface area contributed by atoms with Crippen molar-refractivity contribution in [2.24, 2.45) is 0 Å². The van der Waals surface area contributed by atoms with Crippen LogP contribution in [0.15, 0.2) is 24.3 Å². The number of nitrogens with one attached hydrogen (secondary N) is 3. The van der Waals surface area contributed by atoms with Crippen LogP contribution in [-0.4, -0.2) is 50.3 Å². The number of urea groups is 1. The van der Waals surface area contributed by atoms with Crippen LogP contribution < -0.4 is 25.6 Å². The van der Waals surface area contributed by atoms with Crippen molar-refractivity contribution in [3.63, 3.8) is 0 Å². The fourth-order valence-electron chi connectivity index (χ4n) is 2.18. The van der Waals surface area contributed by atoms with Gasteiger partial charge in [-0.1, -0.05) is 11.6 Å². The summed E-state index contributed by atoms with van der Waals surface area (Å²) in [5.41, 5.74) is 0.507. The van der Waals surface area contributed by atoms with Crippen molar-refractivity contribution in [1.29, 1.82) is 0 Å². The molecule has 8 nitrogen and oxygen atoms in total. The number of amides is 2. The van der Waals surface area contributed by atoms with E-state index < -0.39 is 0 Å². The third-order valence-electron chi connectivity index (χ3n) is 3.41. The van der Waals surface area contributed by atoms with E-state index in [1.807, 2.05) is 32.0 Å². The average molecular weight is 379 g/mol. The van der Waals surface area contributed by atoms with E-state index in [0.717, 1.165) is 5.82 Å². The Morgan fingerprint density at radius 3 is 2.69 bits per heavy atom. The van der Waals surface area contributed by atoms with Crippen molar-refractivity contribution >= 4 is 35.0 Å². The summed E-state index contributed by atoms with van der Waals surface area (Å²) in [7, 11) is 5.37. The molecule has 0 aliphatic heterocycles. The zero-order valence-corrected chi connectivity index (χ0v) is 16.0. The molecule has 0 bridgehead atoms. The number of benzene rings is 1. The first-order chi connectivity index (χ1) is 12.4. The first kappa shape index (κ1) is 19.6. The highest BCUT2D eigenvalue weighted by Gasteiger charge is 2.08. The minimum atomic E-state index is -0.347. The Labute approximate surface area is 157 Å². The fourth-order valence-corrected chi connectivity index (χ4v) is 2.35. The fraction of sp³-hybridized carbons (Fsp3) is 0.353. The summed E-state index contributed by atoms with van der Waals surface area (Å²) in [6.45, 7) is 2.76. The van der Waals surface area contributed by atoms with Crippen molar-refractivity contribution in [2.45, 2.75) is 6.92 Å². The van der Waals surface area contributed by atoms with E-state index in [-0.39, 0.29) is 6.03 Å². The molecule has 0 spiro atoms. The number of nitrogens with zero attached hydrogens (tertiary/aromatic N) is 3. The second-order valence-electron chi connectivity index (χ2n) is 5.71. The maximum absolute atomic E-state index is 12.0. The maximum atomic E-state index is 12.0. The summed E-state index contributed by atoms with van der Waals surface area (Å²) < 4.78 is 5.19. The topological polar surface area (TPSA) is 91.4 Å². The Morgan fingerprint density at radius 1 is 1.23 bits per heavy atom. The molecule has 1 aromatic heterocycles. The predicted molar refractivity (Wildman–Crippen MR) is 105 cm³/mol. The number of aromatic nitrogens is 2. The van der Waals surface area contributed by atoms with Crippen molar-refractivity contribution in [2.75, 3.05) is 49.8 Å². The Kier molecular flexibility index (Phi) is 6.85. The first-order valence-corrected chi connectivity index (χ1v) is 8.42. The molecular weight excluding hydrogens is 356 g/mol. The average Bonchev–Trinajstić information content (AvgIpc) is 2.58. The summed E-state index contributed by atoms with van der Waals surface area (Å²) >= 11 is 5.95. The number of carbonyl (C=O) groups excluding carboxylic acids is 1. The lowest BCUT2D eigenvalue weighted by molar-refractivity contribution is 0.252. The number of hydrogen-bond donors (Lipinski definition) is 3. The van der Waals surface area contributed by atoms with Gasteiger partial charge >= 0.3 is 6.03 Å². The molecule has 2 amide bonds. The number of aryl methyl sites for hydroxylation is 1. The van der Waals surface area contributed by atoms with Crippen LogP contribution in [0.25, 0.3) is 0 Å². The molecule has 0 unspecified atom stereocenters. The van der Waals surface area contributed by atoms with Crippen molar-refractivity contribution < 1.29 is 9.53 Å². The summed E-state index contributed by atoms with van der Waals surface area (Å²) in [5.74, 6) is 2.74. The molecule has 1 heterocycles. The number of hydrogen-bond acceptors (Lipinski definition) is 6. The van der Waals surface area contributed by atoms with E-state index >= 15 is 0 Å². The van der Waals surface area contributed by atoms with E-state index in [1.54, 1.807) is 18.2 Å². The molecule has 2 aromatic rings. The largest absolute Gasteiger partial charge is 0.495 e. The van der Waals surface area contributed by atoms with Gasteiger partial charge in [0.15, 0.2) is 0 Å². The molecule has 1 aromatic carbocycles. The molecule has 0 fully saturated rings. The van der Waals surface area contributed by atoms with Gasteiger partial charge in [-0.25, -0.2) is 14.8 Å². The Bertz CT molecular complexity index is 769. The Morgan fingerprint density at radius 2 is 2.00 bits per heavy atom. The summed E-state index contributed by atoms with van der Waals surface area (Å²) in [4.78, 5) is 22.6. The van der Waals surface area contributed by atoms with E-state index in [2.05, 4.69) is 25.9 Å². The normalized spacial score (nSPS) is 10.2. The number of ether oxygens (including phenoxy) is 1. The second-order valence-corrected chi connectivity index (χ2v) is 6.14. The molecular formula is C17H23ClN6O2. The number of rotatable bonds is 7. The van der Waals surface area contributed by atoms with Crippen LogP contribution in [0.1, 0.15) is 5.82 Å². The van der Waals surface area contributed by atoms with Gasteiger partial charge in [-0.05, 0) is 25.1 Å². The standard InChI is InChI=1S/C17H23ClN6O2/c1-11-21-15(10-16(22-11)24(2)3)19-7-8-20-17(25)23-13-9-12(18)5-6-14(13)26-4/h5-6,9-10H,7-8H2,1-4H3,(H,19,21,22)(H2,20,23,25). The zero-order chi connectivity index (χ0) is 19.1. The van der Waals surface area contributed by atoms with Crippen LogP contribution in [0.5, 0.6) is 5.75 Å². The Hall–Kier alpha value is -2.74. The molecule has 3 N–H and O–H groups in total. The third kappa shape index (κ3) is 5.66. The molecule has 0 aliphatic rings. The molecule has 2 rings (SSSR count). The molecule has 0 saturated carbocycles. The molecule has 0 saturated heterocycles. The van der Waals surface area contributed by atoms with Crippen molar-refractivity contribution in [1.82, 2.24) is 15.3 Å². The van der Waals surface area contributed by atoms with E-state index in [4.69, 9.17) is 16.3 Å². The molecule has 0 radical (unpaired) electrons. The molecule has 26 heavy (non-hydrogen) atoms. The molecule has 9 heteroatoms. The second kappa shape index (κ2) is 9.10. The van der Waals surface area contributed by atoms with Crippen LogP contribution >= 0.6 is 11.6 Å². The Balaban J connectivity index is 1.83. The van der Waals surface area contributed by atoms with Crippen molar-refractivity contribution in [3.8, 4) is 5.75 Å². The van der Waals surface area contributed by atoms with Gasteiger partial charge in [0.2, 0.25) is 0 Å². The lowest BCUT2D eigenvalue weighted by atomic mass is 10.3. The van der Waals surface area contributed by atoms with Crippen LogP contribution in [0, 0.1) is 6.92 Å². The number of carbonyl (C=O) groups is 1. The van der Waals surface area contributed by atoms with Gasteiger partial charge in [0.25, 0.3) is 0 Å². The van der Waals surface area contributed by atoms with Gasteiger partial charge in [0.05, 0.1) is 12.8 Å². The number of halogens is 1. The quantitative estimate of drug-likeness (QED) is 0.642. The van der Waals surface area contributed by atoms with Gasteiger partial charge in [-0.3, -0.25) is 0 Å². The van der Waals surface area contributed by atoms with Gasteiger partial charge < -0.3 is 25.6 Å². The zero-order valence-electron chi connectivity index (χ0n) is 15.3. The summed E-state index contributed by atoms with van der Waals surface area (Å²) in [6, 6.07) is 6.52. The van der Waals surface area contributed by atoms with Crippen LogP contribution in [0.4, 0.5) is 22.1 Å². The lowest BCUT2D eigenvalue weighted by Gasteiger charge is -2.14. The highest BCUT2D eigenvalue weighted by molar-refractivity contribution is 6.31. The van der Waals surface area contributed by atoms with Crippen molar-refractivity contribution in [3.05, 3.63) is 35.1 Å². The maximum Gasteiger partial charge on any atom is 0.319 e. The molecule has 0 atom stereocenters. The van der Waals surface area contributed by atoms with Gasteiger partial charge in [-0.2, -0.15) is 0 Å². The van der Waals surface area contributed by atoms with Crippen LogP contribution in [0.3, 0.4) is 0 Å². The van der Waals surface area contributed by atoms with Gasteiger partial charge in [-0.15, -0.1) is 0 Å². The SMILES string of the molecule is COc1ccc(Cl)cc1NC(=O)NCCNc1cc(N(C)C)nc(C)n1. The number of anilines is 3. The minimum Gasteiger partial charge on any atom is -0.495 e. The van der Waals surface area contributed by atoms with E-state index in [1.165, 1.54) is 7.11 Å². The molecule has 0 aliphatic carbocycles. The first-order valence-electron chi connectivity index (χ1n) is 8.04. The highest BCUT2D eigenvalue weighted by Crippen LogP contribution is 2.27. The van der Waals surface area contributed by atoms with Crippen LogP contribution in [0.2, 0.25) is 5.02 Å². The highest BCUT2D eigenvalue weighted by atomic mass is 35.5. The smallest absolute Gasteiger partial charge is 0.319 e. The third-order valence-corrected chi connectivity index (χ3v) is 3.64. The molecule has 140 valence electrons. The van der Waals surface area contributed by atoms with Crippen LogP contribution in [-0.2, 0) is 0 Å². The monoisotopic (exact) mass is 378 g/mol. The van der Waals surface area contributed by atoms with E-state index in [9.17, 15) is 4.79 Å². The summed E-state index contributed by atoms with van der Waals surface area (Å²) in [5, 5.41) is 9.15. The van der Waals surface area contributed by atoms with Gasteiger partial charge in [0, 0.05) is 38.3 Å². The lowest BCUT2D eigenvalue weighted by Crippen LogP contribution is -2.32. The number of methoxy groups -OCH3 is 1.